The summed E-state index contributed by atoms with van der Waals surface area (Å²) < 4.78 is 20.2. The van der Waals surface area contributed by atoms with Crippen LogP contribution in [0.2, 0.25) is 0 Å². The van der Waals surface area contributed by atoms with Crippen molar-refractivity contribution in [2.75, 3.05) is 0 Å². The van der Waals surface area contributed by atoms with Gasteiger partial charge in [0.15, 0.2) is 0 Å². The van der Waals surface area contributed by atoms with Gasteiger partial charge in [0.25, 0.3) is 0 Å². The van der Waals surface area contributed by atoms with E-state index in [1.54, 1.807) is 25.1 Å². The molecule has 2 aromatic rings. The van der Waals surface area contributed by atoms with Gasteiger partial charge < -0.3 is 9.84 Å². The summed E-state index contributed by atoms with van der Waals surface area (Å²) in [7, 11) is 0. The summed E-state index contributed by atoms with van der Waals surface area (Å²) >= 11 is 6.52. The first-order valence-corrected chi connectivity index (χ1v) is 7.60. The smallest absolute Gasteiger partial charge is 0.137 e. The van der Waals surface area contributed by atoms with Gasteiger partial charge in [-0.1, -0.05) is 28.1 Å². The highest BCUT2D eigenvalue weighted by atomic mass is 79.9. The van der Waals surface area contributed by atoms with Crippen LogP contribution < -0.4 is 4.74 Å². The second kappa shape index (κ2) is 6.70. The SMILES string of the molecule is CC(O)c1ccc(Br)cc1OCc1ccc(F)c(Br)c1. The Morgan fingerprint density at radius 2 is 1.95 bits per heavy atom. The third-order valence-corrected chi connectivity index (χ3v) is 3.91. The van der Waals surface area contributed by atoms with Gasteiger partial charge in [-0.15, -0.1) is 0 Å². The maximum absolute atomic E-state index is 13.2. The molecule has 0 fully saturated rings. The zero-order valence-corrected chi connectivity index (χ0v) is 13.9. The van der Waals surface area contributed by atoms with Gasteiger partial charge in [0.05, 0.1) is 10.6 Å². The van der Waals surface area contributed by atoms with Gasteiger partial charge in [-0.3, -0.25) is 0 Å². The molecule has 0 saturated carbocycles. The highest BCUT2D eigenvalue weighted by Gasteiger charge is 2.10. The molecular weight excluding hydrogens is 391 g/mol. The zero-order chi connectivity index (χ0) is 14.7. The number of hydrogen-bond donors (Lipinski definition) is 1. The average Bonchev–Trinajstić information content (AvgIpc) is 2.40. The lowest BCUT2D eigenvalue weighted by molar-refractivity contribution is 0.190. The summed E-state index contributed by atoms with van der Waals surface area (Å²) in [5, 5.41) is 9.72. The summed E-state index contributed by atoms with van der Waals surface area (Å²) in [6.45, 7) is 1.99. The van der Waals surface area contributed by atoms with Crippen LogP contribution in [0.3, 0.4) is 0 Å². The van der Waals surface area contributed by atoms with Gasteiger partial charge in [-0.2, -0.15) is 0 Å². The van der Waals surface area contributed by atoms with E-state index in [1.165, 1.54) is 6.07 Å². The second-order valence-corrected chi connectivity index (χ2v) is 6.17. The van der Waals surface area contributed by atoms with Crippen LogP contribution in [-0.2, 0) is 6.61 Å². The molecule has 20 heavy (non-hydrogen) atoms. The number of aliphatic hydroxyl groups excluding tert-OH is 1. The Kier molecular flexibility index (Phi) is 5.18. The molecule has 0 aliphatic carbocycles. The van der Waals surface area contributed by atoms with E-state index in [9.17, 15) is 9.50 Å². The van der Waals surface area contributed by atoms with E-state index in [4.69, 9.17) is 4.74 Å². The van der Waals surface area contributed by atoms with Crippen molar-refractivity contribution in [3.63, 3.8) is 0 Å². The second-order valence-electron chi connectivity index (χ2n) is 4.40. The van der Waals surface area contributed by atoms with Crippen LogP contribution in [0.25, 0.3) is 0 Å². The fourth-order valence-electron chi connectivity index (χ4n) is 1.77. The highest BCUT2D eigenvalue weighted by molar-refractivity contribution is 9.10. The molecule has 2 nitrogen and oxygen atoms in total. The summed E-state index contributed by atoms with van der Waals surface area (Å²) in [5.74, 6) is 0.302. The van der Waals surface area contributed by atoms with Crippen molar-refractivity contribution >= 4 is 31.9 Å². The number of hydrogen-bond acceptors (Lipinski definition) is 2. The highest BCUT2D eigenvalue weighted by Crippen LogP contribution is 2.29. The van der Waals surface area contributed by atoms with Crippen LogP contribution in [0.1, 0.15) is 24.2 Å². The summed E-state index contributed by atoms with van der Waals surface area (Å²) in [6, 6.07) is 10.2. The van der Waals surface area contributed by atoms with Crippen molar-refractivity contribution in [3.05, 3.63) is 62.3 Å². The maximum Gasteiger partial charge on any atom is 0.137 e. The van der Waals surface area contributed by atoms with E-state index in [2.05, 4.69) is 31.9 Å². The van der Waals surface area contributed by atoms with Gasteiger partial charge in [0, 0.05) is 10.0 Å². The molecule has 0 aromatic heterocycles. The third kappa shape index (κ3) is 3.81. The molecule has 1 N–H and O–H groups in total. The van der Waals surface area contributed by atoms with Crippen molar-refractivity contribution in [2.24, 2.45) is 0 Å². The Bertz CT molecular complexity index is 615. The first-order valence-electron chi connectivity index (χ1n) is 6.01. The van der Waals surface area contributed by atoms with Crippen LogP contribution in [0.4, 0.5) is 4.39 Å². The minimum atomic E-state index is -0.613. The monoisotopic (exact) mass is 402 g/mol. The molecule has 1 atom stereocenters. The normalized spacial score (nSPS) is 12.2. The summed E-state index contributed by atoms with van der Waals surface area (Å²) in [6.07, 6.45) is -0.613. The molecule has 0 aliphatic heterocycles. The average molecular weight is 404 g/mol. The molecular formula is C15H13Br2FO2. The molecule has 2 aromatic carbocycles. The Hall–Kier alpha value is -0.910. The third-order valence-electron chi connectivity index (χ3n) is 2.80. The van der Waals surface area contributed by atoms with Crippen LogP contribution in [-0.4, -0.2) is 5.11 Å². The maximum atomic E-state index is 13.2. The Labute approximate surface area is 133 Å². The molecule has 5 heteroatoms. The molecule has 0 radical (unpaired) electrons. The van der Waals surface area contributed by atoms with Gasteiger partial charge in [-0.05, 0) is 52.7 Å². The molecule has 2 rings (SSSR count). The van der Waals surface area contributed by atoms with Crippen LogP contribution in [0.15, 0.2) is 45.3 Å². The Morgan fingerprint density at radius 3 is 2.60 bits per heavy atom. The Morgan fingerprint density at radius 1 is 1.20 bits per heavy atom. The zero-order valence-electron chi connectivity index (χ0n) is 10.7. The molecule has 0 amide bonds. The van der Waals surface area contributed by atoms with Gasteiger partial charge in [0.1, 0.15) is 18.2 Å². The fourth-order valence-corrected chi connectivity index (χ4v) is 2.54. The largest absolute Gasteiger partial charge is 0.488 e. The summed E-state index contributed by atoms with van der Waals surface area (Å²) in [5.41, 5.74) is 1.56. The number of benzene rings is 2. The molecule has 0 bridgehead atoms. The number of halogens is 3. The van der Waals surface area contributed by atoms with Crippen LogP contribution in [0, 0.1) is 5.82 Å². The lowest BCUT2D eigenvalue weighted by atomic mass is 10.1. The topological polar surface area (TPSA) is 29.5 Å². The number of rotatable bonds is 4. The molecule has 106 valence electrons. The molecule has 0 heterocycles. The molecule has 0 spiro atoms. The Balaban J connectivity index is 2.17. The standard InChI is InChI=1S/C15H13Br2FO2/c1-9(19)12-4-3-11(16)7-15(12)20-8-10-2-5-14(18)13(17)6-10/h2-7,9,19H,8H2,1H3. The minimum absolute atomic E-state index is 0.301. The predicted octanol–water partition coefficient (Wildman–Crippen LogP) is 4.98. The van der Waals surface area contributed by atoms with Crippen LogP contribution in [0.5, 0.6) is 5.75 Å². The quantitative estimate of drug-likeness (QED) is 0.779. The van der Waals surface area contributed by atoms with Gasteiger partial charge >= 0.3 is 0 Å². The van der Waals surface area contributed by atoms with E-state index in [0.717, 1.165) is 15.6 Å². The lowest BCUT2D eigenvalue weighted by Gasteiger charge is -2.14. The molecule has 0 saturated heterocycles. The van der Waals surface area contributed by atoms with E-state index >= 15 is 0 Å². The fraction of sp³-hybridized carbons (Fsp3) is 0.200. The first kappa shape index (κ1) is 15.5. The van der Waals surface area contributed by atoms with E-state index in [1.807, 2.05) is 12.1 Å². The van der Waals surface area contributed by atoms with E-state index in [0.29, 0.717) is 16.8 Å². The molecule has 0 aliphatic rings. The predicted molar refractivity (Wildman–Crippen MR) is 83.2 cm³/mol. The van der Waals surface area contributed by atoms with Crippen molar-refractivity contribution < 1.29 is 14.2 Å². The van der Waals surface area contributed by atoms with Crippen molar-refractivity contribution in [1.82, 2.24) is 0 Å². The first-order chi connectivity index (χ1) is 9.47. The number of ether oxygens (including phenoxy) is 1. The van der Waals surface area contributed by atoms with Crippen molar-refractivity contribution in [1.29, 1.82) is 0 Å². The summed E-state index contributed by atoms with van der Waals surface area (Å²) in [4.78, 5) is 0. The number of aliphatic hydroxyl groups is 1. The van der Waals surface area contributed by atoms with Crippen molar-refractivity contribution in [3.8, 4) is 5.75 Å². The van der Waals surface area contributed by atoms with Crippen molar-refractivity contribution in [2.45, 2.75) is 19.6 Å². The van der Waals surface area contributed by atoms with Gasteiger partial charge in [0.2, 0.25) is 0 Å². The van der Waals surface area contributed by atoms with E-state index in [-0.39, 0.29) is 5.82 Å². The van der Waals surface area contributed by atoms with E-state index < -0.39 is 6.10 Å². The van der Waals surface area contributed by atoms with Gasteiger partial charge in [-0.25, -0.2) is 4.39 Å². The minimum Gasteiger partial charge on any atom is -0.488 e. The molecule has 1 unspecified atom stereocenters. The lowest BCUT2D eigenvalue weighted by Crippen LogP contribution is -2.01. The van der Waals surface area contributed by atoms with Crippen LogP contribution >= 0.6 is 31.9 Å².